The van der Waals surface area contributed by atoms with Gasteiger partial charge >= 0.3 is 0 Å². The first-order valence-electron chi connectivity index (χ1n) is 6.71. The molecule has 1 aliphatic rings. The summed E-state index contributed by atoms with van der Waals surface area (Å²) in [5.41, 5.74) is 3.01. The van der Waals surface area contributed by atoms with E-state index >= 15 is 0 Å². The number of fused-ring (bicyclic) bond motifs is 1. The highest BCUT2D eigenvalue weighted by molar-refractivity contribution is 5.95. The molecule has 3 heteroatoms. The Labute approximate surface area is 109 Å². The van der Waals surface area contributed by atoms with E-state index in [4.69, 9.17) is 0 Å². The van der Waals surface area contributed by atoms with Gasteiger partial charge in [0.15, 0.2) is 0 Å². The van der Waals surface area contributed by atoms with E-state index < -0.39 is 0 Å². The topological polar surface area (TPSA) is 41.1 Å². The minimum atomic E-state index is -0.141. The molecule has 0 bridgehead atoms. The van der Waals surface area contributed by atoms with E-state index in [0.717, 1.165) is 37.1 Å². The monoisotopic (exact) mass is 246 g/mol. The molecule has 1 amide bonds. The Balaban J connectivity index is 2.10. The van der Waals surface area contributed by atoms with Crippen LogP contribution in [0, 0.1) is 0 Å². The van der Waals surface area contributed by atoms with Crippen molar-refractivity contribution in [3.05, 3.63) is 29.3 Å². The molecular weight excluding hydrogens is 224 g/mol. The van der Waals surface area contributed by atoms with E-state index in [-0.39, 0.29) is 11.4 Å². The van der Waals surface area contributed by atoms with Crippen molar-refractivity contribution >= 4 is 11.6 Å². The molecule has 0 aromatic heterocycles. The molecule has 98 valence electrons. The van der Waals surface area contributed by atoms with Crippen LogP contribution < -0.4 is 10.6 Å². The van der Waals surface area contributed by atoms with Gasteiger partial charge in [0.05, 0.1) is 0 Å². The fourth-order valence-corrected chi connectivity index (χ4v) is 2.50. The summed E-state index contributed by atoms with van der Waals surface area (Å²) < 4.78 is 0. The predicted molar refractivity (Wildman–Crippen MR) is 75.1 cm³/mol. The molecule has 0 fully saturated rings. The minimum Gasteiger partial charge on any atom is -0.384 e. The summed E-state index contributed by atoms with van der Waals surface area (Å²) in [6.45, 7) is 7.25. The van der Waals surface area contributed by atoms with E-state index in [1.807, 2.05) is 12.1 Å². The standard InChI is InChI=1S/C15H22N2O/c1-4-8-15(2,3)17-14(18)12-6-5-11-7-9-16-13(11)10-12/h5-6,10,16H,4,7-9H2,1-3H3,(H,17,18). The van der Waals surface area contributed by atoms with Crippen molar-refractivity contribution in [2.75, 3.05) is 11.9 Å². The average Bonchev–Trinajstić information content (AvgIpc) is 2.74. The smallest absolute Gasteiger partial charge is 0.251 e. The molecule has 0 unspecified atom stereocenters. The van der Waals surface area contributed by atoms with E-state index in [9.17, 15) is 4.79 Å². The molecule has 0 atom stereocenters. The van der Waals surface area contributed by atoms with E-state index in [1.54, 1.807) is 0 Å². The Morgan fingerprint density at radius 2 is 2.22 bits per heavy atom. The molecule has 3 nitrogen and oxygen atoms in total. The molecule has 1 aromatic carbocycles. The quantitative estimate of drug-likeness (QED) is 0.857. The lowest BCUT2D eigenvalue weighted by Crippen LogP contribution is -2.43. The summed E-state index contributed by atoms with van der Waals surface area (Å²) in [6.07, 6.45) is 3.11. The number of carbonyl (C=O) groups is 1. The van der Waals surface area contributed by atoms with Gasteiger partial charge in [-0.1, -0.05) is 19.4 Å². The second-order valence-electron chi connectivity index (χ2n) is 5.64. The second kappa shape index (κ2) is 5.01. The van der Waals surface area contributed by atoms with Crippen molar-refractivity contribution < 1.29 is 4.79 Å². The van der Waals surface area contributed by atoms with Crippen LogP contribution in [0.15, 0.2) is 18.2 Å². The largest absolute Gasteiger partial charge is 0.384 e. The predicted octanol–water partition coefficient (Wildman–Crippen LogP) is 2.96. The minimum absolute atomic E-state index is 0.0185. The number of hydrogen-bond acceptors (Lipinski definition) is 2. The van der Waals surface area contributed by atoms with Gasteiger partial charge in [0.25, 0.3) is 5.91 Å². The van der Waals surface area contributed by atoms with Crippen LogP contribution >= 0.6 is 0 Å². The number of hydrogen-bond donors (Lipinski definition) is 2. The van der Waals surface area contributed by atoms with E-state index in [1.165, 1.54) is 5.56 Å². The molecule has 0 saturated heterocycles. The van der Waals surface area contributed by atoms with E-state index in [0.29, 0.717) is 0 Å². The van der Waals surface area contributed by atoms with Crippen molar-refractivity contribution in [3.63, 3.8) is 0 Å². The van der Waals surface area contributed by atoms with Crippen molar-refractivity contribution in [2.45, 2.75) is 45.6 Å². The molecular formula is C15H22N2O. The molecule has 2 rings (SSSR count). The van der Waals surface area contributed by atoms with Crippen LogP contribution in [-0.4, -0.2) is 18.0 Å². The van der Waals surface area contributed by atoms with E-state index in [2.05, 4.69) is 37.5 Å². The zero-order chi connectivity index (χ0) is 13.2. The maximum atomic E-state index is 12.2. The summed E-state index contributed by atoms with van der Waals surface area (Å²) in [7, 11) is 0. The van der Waals surface area contributed by atoms with Gasteiger partial charge in [-0.05, 0) is 44.4 Å². The number of nitrogens with one attached hydrogen (secondary N) is 2. The summed E-state index contributed by atoms with van der Waals surface area (Å²) in [4.78, 5) is 12.2. The molecule has 1 aliphatic heterocycles. The zero-order valence-electron chi connectivity index (χ0n) is 11.5. The lowest BCUT2D eigenvalue weighted by atomic mass is 9.98. The third-order valence-electron chi connectivity index (χ3n) is 3.41. The summed E-state index contributed by atoms with van der Waals surface area (Å²) >= 11 is 0. The van der Waals surface area contributed by atoms with Gasteiger partial charge < -0.3 is 10.6 Å². The maximum Gasteiger partial charge on any atom is 0.251 e. The summed E-state index contributed by atoms with van der Waals surface area (Å²) in [6, 6.07) is 5.93. The highest BCUT2D eigenvalue weighted by atomic mass is 16.1. The van der Waals surface area contributed by atoms with Crippen LogP contribution in [0.2, 0.25) is 0 Å². The van der Waals surface area contributed by atoms with Gasteiger partial charge in [-0.25, -0.2) is 0 Å². The fraction of sp³-hybridized carbons (Fsp3) is 0.533. The molecule has 0 spiro atoms. The van der Waals surface area contributed by atoms with Crippen LogP contribution in [-0.2, 0) is 6.42 Å². The molecule has 1 aromatic rings. The highest BCUT2D eigenvalue weighted by Gasteiger charge is 2.21. The van der Waals surface area contributed by atoms with Gasteiger partial charge in [0.1, 0.15) is 0 Å². The molecule has 0 saturated carbocycles. The van der Waals surface area contributed by atoms with Crippen molar-refractivity contribution in [3.8, 4) is 0 Å². The van der Waals surface area contributed by atoms with Gasteiger partial charge in [-0.3, -0.25) is 4.79 Å². The van der Waals surface area contributed by atoms with Gasteiger partial charge in [-0.2, -0.15) is 0 Å². The number of benzene rings is 1. The number of rotatable bonds is 4. The normalized spacial score (nSPS) is 13.9. The number of anilines is 1. The van der Waals surface area contributed by atoms with Crippen LogP contribution in [0.1, 0.15) is 49.5 Å². The van der Waals surface area contributed by atoms with Crippen molar-refractivity contribution in [2.24, 2.45) is 0 Å². The first kappa shape index (κ1) is 12.9. The van der Waals surface area contributed by atoms with Crippen molar-refractivity contribution in [1.29, 1.82) is 0 Å². The lowest BCUT2D eigenvalue weighted by molar-refractivity contribution is 0.0909. The third kappa shape index (κ3) is 2.84. The number of amides is 1. The van der Waals surface area contributed by atoms with Gasteiger partial charge in [0.2, 0.25) is 0 Å². The Morgan fingerprint density at radius 1 is 1.44 bits per heavy atom. The third-order valence-corrected chi connectivity index (χ3v) is 3.41. The zero-order valence-corrected chi connectivity index (χ0v) is 11.5. The maximum absolute atomic E-state index is 12.2. The fourth-order valence-electron chi connectivity index (χ4n) is 2.50. The van der Waals surface area contributed by atoms with Gasteiger partial charge in [-0.15, -0.1) is 0 Å². The highest BCUT2D eigenvalue weighted by Crippen LogP contribution is 2.23. The second-order valence-corrected chi connectivity index (χ2v) is 5.64. The Hall–Kier alpha value is -1.51. The van der Waals surface area contributed by atoms with Gasteiger partial charge in [0, 0.05) is 23.3 Å². The van der Waals surface area contributed by atoms with Crippen LogP contribution in [0.25, 0.3) is 0 Å². The Bertz CT molecular complexity index is 452. The Morgan fingerprint density at radius 3 is 2.94 bits per heavy atom. The molecule has 0 aliphatic carbocycles. The average molecular weight is 246 g/mol. The lowest BCUT2D eigenvalue weighted by Gasteiger charge is -2.25. The molecule has 1 heterocycles. The van der Waals surface area contributed by atoms with Crippen LogP contribution in [0.4, 0.5) is 5.69 Å². The first-order valence-corrected chi connectivity index (χ1v) is 6.71. The van der Waals surface area contributed by atoms with Crippen LogP contribution in [0.3, 0.4) is 0 Å². The molecule has 2 N–H and O–H groups in total. The Kier molecular flexibility index (Phi) is 3.60. The molecule has 0 radical (unpaired) electrons. The SMILES string of the molecule is CCCC(C)(C)NC(=O)c1ccc2c(c1)NCC2. The first-order chi connectivity index (χ1) is 8.52. The van der Waals surface area contributed by atoms with Crippen LogP contribution in [0.5, 0.6) is 0 Å². The van der Waals surface area contributed by atoms with Crippen molar-refractivity contribution in [1.82, 2.24) is 5.32 Å². The summed E-state index contributed by atoms with van der Waals surface area (Å²) in [5.74, 6) is 0.0185. The summed E-state index contributed by atoms with van der Waals surface area (Å²) in [5, 5.41) is 6.40. The number of carbonyl (C=O) groups excluding carboxylic acids is 1. The molecule has 18 heavy (non-hydrogen) atoms.